The van der Waals surface area contributed by atoms with E-state index in [0.717, 1.165) is 5.56 Å². The van der Waals surface area contributed by atoms with Gasteiger partial charge in [-0.1, -0.05) is 11.6 Å². The zero-order chi connectivity index (χ0) is 13.9. The molecule has 4 heteroatoms. The number of esters is 1. The number of carbonyl (C=O) groups excluding carboxylic acids is 1. The highest BCUT2D eigenvalue weighted by Crippen LogP contribution is 2.33. The Morgan fingerprint density at radius 3 is 2.50 bits per heavy atom. The maximum Gasteiger partial charge on any atom is 0.342 e. The maximum atomic E-state index is 12.0. The van der Waals surface area contributed by atoms with Gasteiger partial charge in [-0.3, -0.25) is 0 Å². The smallest absolute Gasteiger partial charge is 0.342 e. The van der Waals surface area contributed by atoms with Crippen LogP contribution in [0.2, 0.25) is 5.02 Å². The van der Waals surface area contributed by atoms with Crippen LogP contribution >= 0.6 is 11.6 Å². The monoisotopic (exact) mass is 270 g/mol. The molecule has 0 heterocycles. The third-order valence-corrected chi connectivity index (χ3v) is 2.89. The van der Waals surface area contributed by atoms with E-state index in [0.29, 0.717) is 28.5 Å². The molecule has 0 N–H and O–H groups in total. The quantitative estimate of drug-likeness (QED) is 0.778. The number of halogens is 1. The highest BCUT2D eigenvalue weighted by molar-refractivity contribution is 6.32. The van der Waals surface area contributed by atoms with Gasteiger partial charge >= 0.3 is 5.97 Å². The first kappa shape index (κ1) is 14.8. The molecule has 1 aromatic carbocycles. The summed E-state index contributed by atoms with van der Waals surface area (Å²) in [4.78, 5) is 12.0. The second-order valence-corrected chi connectivity index (χ2v) is 4.80. The van der Waals surface area contributed by atoms with Gasteiger partial charge < -0.3 is 9.47 Å². The molecule has 0 amide bonds. The minimum absolute atomic E-state index is 0.0162. The summed E-state index contributed by atoms with van der Waals surface area (Å²) in [6, 6.07) is 1.80. The Balaban J connectivity index is 3.37. The summed E-state index contributed by atoms with van der Waals surface area (Å²) in [5.41, 5.74) is 1.95. The molecule has 0 atom stereocenters. The lowest BCUT2D eigenvalue weighted by molar-refractivity contribution is 0.0519. The number of rotatable bonds is 4. The Kier molecular flexibility index (Phi) is 5.03. The van der Waals surface area contributed by atoms with E-state index in [1.807, 2.05) is 20.8 Å². The zero-order valence-corrected chi connectivity index (χ0v) is 12.2. The van der Waals surface area contributed by atoms with Crippen molar-refractivity contribution in [1.29, 1.82) is 0 Å². The van der Waals surface area contributed by atoms with Crippen molar-refractivity contribution in [3.05, 3.63) is 27.8 Å². The molecule has 0 aliphatic rings. The lowest BCUT2D eigenvalue weighted by atomic mass is 10.0. The van der Waals surface area contributed by atoms with E-state index >= 15 is 0 Å². The topological polar surface area (TPSA) is 35.5 Å². The standard InChI is InChI=1S/C14H19ClO3/c1-6-17-14(16)12-10(5)11(15)7-9(4)13(12)18-8(2)3/h7-8H,6H2,1-5H3. The first-order chi connectivity index (χ1) is 8.38. The number of carbonyl (C=O) groups is 1. The van der Waals surface area contributed by atoms with Gasteiger partial charge in [0.05, 0.1) is 12.7 Å². The van der Waals surface area contributed by atoms with E-state index in [1.165, 1.54) is 0 Å². The van der Waals surface area contributed by atoms with Crippen LogP contribution in [0.1, 0.15) is 42.3 Å². The van der Waals surface area contributed by atoms with E-state index in [-0.39, 0.29) is 6.10 Å². The third kappa shape index (κ3) is 3.16. The van der Waals surface area contributed by atoms with Crippen LogP contribution < -0.4 is 4.74 Å². The van der Waals surface area contributed by atoms with Crippen LogP contribution in [0.3, 0.4) is 0 Å². The minimum atomic E-state index is -0.392. The van der Waals surface area contributed by atoms with E-state index in [2.05, 4.69) is 0 Å². The van der Waals surface area contributed by atoms with Crippen LogP contribution in [-0.4, -0.2) is 18.7 Å². The fourth-order valence-electron chi connectivity index (χ4n) is 1.69. The summed E-state index contributed by atoms with van der Waals surface area (Å²) in [5, 5.41) is 0.548. The van der Waals surface area contributed by atoms with Gasteiger partial charge in [-0.25, -0.2) is 4.79 Å². The minimum Gasteiger partial charge on any atom is -0.490 e. The molecule has 0 aliphatic carbocycles. The van der Waals surface area contributed by atoms with Crippen LogP contribution in [0, 0.1) is 13.8 Å². The van der Waals surface area contributed by atoms with Gasteiger partial charge in [-0.2, -0.15) is 0 Å². The van der Waals surface area contributed by atoms with Gasteiger partial charge in [-0.05, 0) is 51.8 Å². The van der Waals surface area contributed by atoms with Crippen molar-refractivity contribution in [3.63, 3.8) is 0 Å². The molecule has 1 rings (SSSR count). The molecule has 0 saturated heterocycles. The number of ether oxygens (including phenoxy) is 2. The SMILES string of the molecule is CCOC(=O)c1c(C)c(Cl)cc(C)c1OC(C)C. The Morgan fingerprint density at radius 1 is 1.39 bits per heavy atom. The summed E-state index contributed by atoms with van der Waals surface area (Å²) in [6.45, 7) is 9.59. The number of hydrogen-bond acceptors (Lipinski definition) is 3. The number of benzene rings is 1. The van der Waals surface area contributed by atoms with Gasteiger partial charge in [0, 0.05) is 5.02 Å². The second kappa shape index (κ2) is 6.10. The van der Waals surface area contributed by atoms with Gasteiger partial charge in [-0.15, -0.1) is 0 Å². The van der Waals surface area contributed by atoms with E-state index in [4.69, 9.17) is 21.1 Å². The van der Waals surface area contributed by atoms with Crippen molar-refractivity contribution in [3.8, 4) is 5.75 Å². The lowest BCUT2D eigenvalue weighted by Crippen LogP contribution is -2.14. The van der Waals surface area contributed by atoms with E-state index in [9.17, 15) is 4.79 Å². The molecule has 0 aromatic heterocycles. The van der Waals surface area contributed by atoms with Crippen molar-refractivity contribution in [1.82, 2.24) is 0 Å². The van der Waals surface area contributed by atoms with Gasteiger partial charge in [0.1, 0.15) is 11.3 Å². The Bertz CT molecular complexity index is 453. The van der Waals surface area contributed by atoms with Crippen molar-refractivity contribution >= 4 is 17.6 Å². The largest absolute Gasteiger partial charge is 0.490 e. The van der Waals surface area contributed by atoms with Crippen molar-refractivity contribution in [2.24, 2.45) is 0 Å². The first-order valence-electron chi connectivity index (χ1n) is 6.01. The molecule has 0 bridgehead atoms. The van der Waals surface area contributed by atoms with Gasteiger partial charge in [0.2, 0.25) is 0 Å². The average Bonchev–Trinajstić information content (AvgIpc) is 2.25. The molecular weight excluding hydrogens is 252 g/mol. The van der Waals surface area contributed by atoms with E-state index < -0.39 is 5.97 Å². The molecule has 1 aromatic rings. The van der Waals surface area contributed by atoms with Gasteiger partial charge in [0.15, 0.2) is 0 Å². The second-order valence-electron chi connectivity index (χ2n) is 4.39. The summed E-state index contributed by atoms with van der Waals surface area (Å²) >= 11 is 6.11. The van der Waals surface area contributed by atoms with Crippen molar-refractivity contribution in [2.45, 2.75) is 40.7 Å². The lowest BCUT2D eigenvalue weighted by Gasteiger charge is -2.18. The first-order valence-corrected chi connectivity index (χ1v) is 6.39. The Labute approximate surface area is 113 Å². The summed E-state index contributed by atoms with van der Waals surface area (Å²) in [6.07, 6.45) is -0.0162. The average molecular weight is 271 g/mol. The molecule has 0 unspecified atom stereocenters. The van der Waals surface area contributed by atoms with Crippen LogP contribution in [0.25, 0.3) is 0 Å². The highest BCUT2D eigenvalue weighted by atomic mass is 35.5. The van der Waals surface area contributed by atoms with E-state index in [1.54, 1.807) is 19.9 Å². The van der Waals surface area contributed by atoms with Crippen LogP contribution in [0.15, 0.2) is 6.07 Å². The normalized spacial score (nSPS) is 10.6. The van der Waals surface area contributed by atoms with Crippen LogP contribution in [0.4, 0.5) is 0 Å². The summed E-state index contributed by atoms with van der Waals surface area (Å²) in [7, 11) is 0. The Hall–Kier alpha value is -1.22. The summed E-state index contributed by atoms with van der Waals surface area (Å²) in [5.74, 6) is 0.168. The highest BCUT2D eigenvalue weighted by Gasteiger charge is 2.22. The molecule has 0 aliphatic heterocycles. The van der Waals surface area contributed by atoms with Crippen molar-refractivity contribution < 1.29 is 14.3 Å². The van der Waals surface area contributed by atoms with Gasteiger partial charge in [0.25, 0.3) is 0 Å². The number of aryl methyl sites for hydroxylation is 1. The Morgan fingerprint density at radius 2 is 2.00 bits per heavy atom. The number of hydrogen-bond donors (Lipinski definition) is 0. The molecule has 18 heavy (non-hydrogen) atoms. The maximum absolute atomic E-state index is 12.0. The van der Waals surface area contributed by atoms with Crippen LogP contribution in [-0.2, 0) is 4.74 Å². The molecular formula is C14H19ClO3. The zero-order valence-electron chi connectivity index (χ0n) is 11.5. The predicted molar refractivity (Wildman–Crippen MR) is 72.6 cm³/mol. The third-order valence-electron chi connectivity index (χ3n) is 2.49. The molecule has 100 valence electrons. The molecule has 0 fully saturated rings. The molecule has 0 saturated carbocycles. The molecule has 3 nitrogen and oxygen atoms in total. The fourth-order valence-corrected chi connectivity index (χ4v) is 1.95. The predicted octanol–water partition coefficient (Wildman–Crippen LogP) is 3.92. The molecule has 0 radical (unpaired) electrons. The van der Waals surface area contributed by atoms with Crippen molar-refractivity contribution in [2.75, 3.05) is 6.61 Å². The summed E-state index contributed by atoms with van der Waals surface area (Å²) < 4.78 is 10.8. The van der Waals surface area contributed by atoms with Crippen LogP contribution in [0.5, 0.6) is 5.75 Å². The molecule has 0 spiro atoms. The fraction of sp³-hybridized carbons (Fsp3) is 0.500.